The first-order valence-corrected chi connectivity index (χ1v) is 14.5. The van der Waals surface area contributed by atoms with Crippen molar-refractivity contribution in [3.63, 3.8) is 0 Å². The molecule has 3 fully saturated rings. The summed E-state index contributed by atoms with van der Waals surface area (Å²) >= 11 is 0. The Morgan fingerprint density at radius 3 is 2.60 bits per heavy atom. The number of ether oxygens (including phenoxy) is 3. The molecule has 4 heterocycles. The number of nitrogens with zero attached hydrogens (tertiary/aromatic N) is 3. The highest BCUT2D eigenvalue weighted by Gasteiger charge is 2.32. The number of hydrogen-bond donors (Lipinski definition) is 2. The van der Waals surface area contributed by atoms with Crippen molar-refractivity contribution in [3.05, 3.63) is 47.3 Å². The largest absolute Gasteiger partial charge is 0.573 e. The number of piperidine rings is 1. The normalized spacial score (nSPS) is 25.7. The maximum absolute atomic E-state index is 14.1. The first-order valence-electron chi connectivity index (χ1n) is 14.5. The topological polar surface area (TPSA) is 97.8 Å². The van der Waals surface area contributed by atoms with E-state index >= 15 is 0 Å². The number of likely N-dealkylation sites (tertiary alicyclic amines) is 1. The summed E-state index contributed by atoms with van der Waals surface area (Å²) in [4.78, 5) is 15.1. The minimum Gasteiger partial charge on any atom is -0.406 e. The molecule has 0 spiro atoms. The van der Waals surface area contributed by atoms with Gasteiger partial charge in [0.05, 0.1) is 30.7 Å². The van der Waals surface area contributed by atoms with Crippen molar-refractivity contribution in [2.45, 2.75) is 82.3 Å². The van der Waals surface area contributed by atoms with Gasteiger partial charge in [-0.2, -0.15) is 5.10 Å². The van der Waals surface area contributed by atoms with Crippen LogP contribution in [0.1, 0.15) is 66.2 Å². The van der Waals surface area contributed by atoms with Crippen LogP contribution in [0, 0.1) is 6.92 Å². The summed E-state index contributed by atoms with van der Waals surface area (Å²) in [5, 5.41) is 15.0. The Labute approximate surface area is 242 Å². The van der Waals surface area contributed by atoms with E-state index in [9.17, 15) is 22.4 Å². The SMILES string of the molecule is Cc1c(NCC2CCCC(c3ccc(OC(F)(F)F)cc3)O2)cnnc1C(=O)N1CCC(NC2CCOCC2F)CC1. The first kappa shape index (κ1) is 30.4. The van der Waals surface area contributed by atoms with Gasteiger partial charge in [0.15, 0.2) is 5.69 Å². The smallest absolute Gasteiger partial charge is 0.406 e. The van der Waals surface area contributed by atoms with Crippen molar-refractivity contribution in [1.82, 2.24) is 20.4 Å². The van der Waals surface area contributed by atoms with E-state index in [1.165, 1.54) is 12.1 Å². The Hall–Kier alpha value is -3.03. The van der Waals surface area contributed by atoms with Crippen LogP contribution in [0.3, 0.4) is 0 Å². The Bertz CT molecular complexity index is 1190. The molecule has 1 amide bonds. The molecule has 0 radical (unpaired) electrons. The van der Waals surface area contributed by atoms with Gasteiger partial charge in [0.2, 0.25) is 0 Å². The molecule has 9 nitrogen and oxygen atoms in total. The molecule has 3 saturated heterocycles. The van der Waals surface area contributed by atoms with E-state index in [4.69, 9.17) is 9.47 Å². The predicted octanol–water partition coefficient (Wildman–Crippen LogP) is 4.73. The summed E-state index contributed by atoms with van der Waals surface area (Å²) in [6.07, 6.45) is 0.0828. The quantitative estimate of drug-likeness (QED) is 0.423. The van der Waals surface area contributed by atoms with Crippen molar-refractivity contribution >= 4 is 11.6 Å². The summed E-state index contributed by atoms with van der Waals surface area (Å²) in [6.45, 7) is 4.10. The lowest BCUT2D eigenvalue weighted by molar-refractivity contribution is -0.274. The van der Waals surface area contributed by atoms with E-state index in [2.05, 4.69) is 25.6 Å². The van der Waals surface area contributed by atoms with Crippen molar-refractivity contribution in [3.8, 4) is 5.75 Å². The minimum absolute atomic E-state index is 0.128. The first-order chi connectivity index (χ1) is 20.2. The number of rotatable bonds is 8. The number of anilines is 1. The Balaban J connectivity index is 1.12. The van der Waals surface area contributed by atoms with Crippen molar-refractivity contribution in [1.29, 1.82) is 0 Å². The van der Waals surface area contributed by atoms with Crippen molar-refractivity contribution < 1.29 is 36.6 Å². The zero-order valence-electron chi connectivity index (χ0n) is 23.5. The van der Waals surface area contributed by atoms with Gasteiger partial charge < -0.3 is 29.7 Å². The predicted molar refractivity (Wildman–Crippen MR) is 146 cm³/mol. The van der Waals surface area contributed by atoms with E-state index in [0.717, 1.165) is 37.7 Å². The molecule has 0 bridgehead atoms. The number of nitrogens with one attached hydrogen (secondary N) is 2. The van der Waals surface area contributed by atoms with E-state index in [1.54, 1.807) is 23.2 Å². The van der Waals surface area contributed by atoms with Crippen molar-refractivity contribution in [2.24, 2.45) is 0 Å². The second kappa shape index (κ2) is 13.5. The van der Waals surface area contributed by atoms with Crippen LogP contribution in [0.5, 0.6) is 5.75 Å². The van der Waals surface area contributed by atoms with E-state index in [1.807, 2.05) is 6.92 Å². The van der Waals surface area contributed by atoms with Crippen LogP contribution in [-0.2, 0) is 9.47 Å². The average molecular weight is 596 g/mol. The number of aromatic nitrogens is 2. The fourth-order valence-electron chi connectivity index (χ4n) is 5.82. The summed E-state index contributed by atoms with van der Waals surface area (Å²) in [5.41, 5.74) is 2.48. The van der Waals surface area contributed by atoms with Crippen LogP contribution < -0.4 is 15.4 Å². The lowest BCUT2D eigenvalue weighted by Crippen LogP contribution is -2.52. The molecule has 3 aliphatic rings. The maximum Gasteiger partial charge on any atom is 0.573 e. The number of halogens is 4. The summed E-state index contributed by atoms with van der Waals surface area (Å²) < 4.78 is 66.9. The molecule has 1 aromatic carbocycles. The van der Waals surface area contributed by atoms with Crippen LogP contribution >= 0.6 is 0 Å². The van der Waals surface area contributed by atoms with Gasteiger partial charge in [-0.05, 0) is 63.1 Å². The molecule has 13 heteroatoms. The summed E-state index contributed by atoms with van der Waals surface area (Å²) in [5.74, 6) is -0.444. The van der Waals surface area contributed by atoms with Gasteiger partial charge in [0, 0.05) is 43.9 Å². The van der Waals surface area contributed by atoms with Gasteiger partial charge in [-0.3, -0.25) is 4.79 Å². The molecule has 2 aromatic rings. The number of benzene rings is 1. The standard InChI is InChI=1S/C29H37F4N5O4/c1-18-25(34-15-22-3-2-4-26(41-22)19-5-7-21(8-6-19)42-29(31,32)33)16-35-37-27(18)28(39)38-12-9-20(10-13-38)36-24-11-14-40-17-23(24)30/h5-8,16,20,22-24,26,36H,2-4,9-15,17H2,1H3,(H,34,37). The molecular weight excluding hydrogens is 558 g/mol. The number of hydrogen-bond acceptors (Lipinski definition) is 8. The fourth-order valence-corrected chi connectivity index (χ4v) is 5.82. The Kier molecular flexibility index (Phi) is 9.79. The fraction of sp³-hybridized carbons (Fsp3) is 0.621. The molecule has 42 heavy (non-hydrogen) atoms. The third-order valence-electron chi connectivity index (χ3n) is 8.18. The van der Waals surface area contributed by atoms with Crippen LogP contribution in [0.25, 0.3) is 0 Å². The average Bonchev–Trinajstić information content (AvgIpc) is 2.98. The second-order valence-corrected chi connectivity index (χ2v) is 11.1. The van der Waals surface area contributed by atoms with Gasteiger partial charge in [-0.1, -0.05) is 12.1 Å². The zero-order valence-corrected chi connectivity index (χ0v) is 23.5. The summed E-state index contributed by atoms with van der Waals surface area (Å²) in [7, 11) is 0. The van der Waals surface area contributed by atoms with E-state index in [-0.39, 0.29) is 42.6 Å². The lowest BCUT2D eigenvalue weighted by Gasteiger charge is -2.36. The van der Waals surface area contributed by atoms with Gasteiger partial charge in [-0.15, -0.1) is 18.3 Å². The molecule has 2 N–H and O–H groups in total. The summed E-state index contributed by atoms with van der Waals surface area (Å²) in [6, 6.07) is 5.73. The molecule has 4 atom stereocenters. The highest BCUT2D eigenvalue weighted by atomic mass is 19.4. The third kappa shape index (κ3) is 7.87. The molecule has 3 aliphatic heterocycles. The maximum atomic E-state index is 14.1. The van der Waals surface area contributed by atoms with Gasteiger partial charge >= 0.3 is 6.36 Å². The van der Waals surface area contributed by atoms with E-state index < -0.39 is 12.5 Å². The molecule has 1 aromatic heterocycles. The highest BCUT2D eigenvalue weighted by Crippen LogP contribution is 2.33. The van der Waals surface area contributed by atoms with Crippen LogP contribution in [0.15, 0.2) is 30.5 Å². The van der Waals surface area contributed by atoms with Crippen LogP contribution in [0.2, 0.25) is 0 Å². The molecular formula is C29H37F4N5O4. The number of alkyl halides is 4. The third-order valence-corrected chi connectivity index (χ3v) is 8.18. The second-order valence-electron chi connectivity index (χ2n) is 11.1. The number of amides is 1. The monoisotopic (exact) mass is 595 g/mol. The molecule has 0 aliphatic carbocycles. The molecule has 230 valence electrons. The number of carbonyl (C=O) groups excluding carboxylic acids is 1. The molecule has 0 saturated carbocycles. The van der Waals surface area contributed by atoms with Gasteiger partial charge in [0.25, 0.3) is 5.91 Å². The number of carbonyl (C=O) groups is 1. The molecule has 5 rings (SSSR count). The minimum atomic E-state index is -4.73. The Morgan fingerprint density at radius 1 is 1.12 bits per heavy atom. The molecule has 4 unspecified atom stereocenters. The Morgan fingerprint density at radius 2 is 1.88 bits per heavy atom. The zero-order chi connectivity index (χ0) is 29.7. The van der Waals surface area contributed by atoms with Gasteiger partial charge in [-0.25, -0.2) is 4.39 Å². The lowest BCUT2D eigenvalue weighted by atomic mass is 9.98. The van der Waals surface area contributed by atoms with Crippen LogP contribution in [0.4, 0.5) is 23.2 Å². The van der Waals surface area contributed by atoms with Gasteiger partial charge in [0.1, 0.15) is 11.9 Å². The van der Waals surface area contributed by atoms with Crippen LogP contribution in [-0.4, -0.2) is 84.6 Å². The van der Waals surface area contributed by atoms with Crippen molar-refractivity contribution in [2.75, 3.05) is 38.2 Å². The van der Waals surface area contributed by atoms with E-state index in [0.29, 0.717) is 49.6 Å². The highest BCUT2D eigenvalue weighted by molar-refractivity contribution is 5.94.